The number of hydrogen-bond donors (Lipinski definition) is 1. The third-order valence-electron chi connectivity index (χ3n) is 5.31. The fourth-order valence-electron chi connectivity index (χ4n) is 4.11. The number of halogens is 1. The molecule has 1 N–H and O–H groups in total. The van der Waals surface area contributed by atoms with Gasteiger partial charge >= 0.3 is 0 Å². The summed E-state index contributed by atoms with van der Waals surface area (Å²) in [7, 11) is 0. The first kappa shape index (κ1) is 18.8. The number of rotatable bonds is 5. The zero-order valence-electron chi connectivity index (χ0n) is 15.7. The number of fused-ring (bicyclic) bond motifs is 2. The van der Waals surface area contributed by atoms with E-state index in [0.717, 1.165) is 22.4 Å². The molecule has 144 valence electrons. The maximum Gasteiger partial charge on any atom is 0.198 e. The number of aliphatic hydroxyl groups is 1. The van der Waals surface area contributed by atoms with Gasteiger partial charge in [-0.25, -0.2) is 0 Å². The van der Waals surface area contributed by atoms with E-state index in [0.29, 0.717) is 37.5 Å². The third-order valence-corrected chi connectivity index (χ3v) is 5.68. The maximum absolute atomic E-state index is 10.3. The van der Waals surface area contributed by atoms with Crippen LogP contribution in [-0.4, -0.2) is 30.0 Å². The van der Waals surface area contributed by atoms with Gasteiger partial charge in [-0.05, 0) is 55.7 Å². The summed E-state index contributed by atoms with van der Waals surface area (Å²) in [5, 5.41) is 11.0. The normalized spacial score (nSPS) is 29.7. The van der Waals surface area contributed by atoms with Crippen molar-refractivity contribution in [3.8, 4) is 5.75 Å². The van der Waals surface area contributed by atoms with Crippen molar-refractivity contribution in [2.24, 2.45) is 0 Å². The molecule has 1 unspecified atom stereocenters. The Morgan fingerprint density at radius 2 is 1.96 bits per heavy atom. The minimum absolute atomic E-state index is 0.434. The third kappa shape index (κ3) is 3.72. The van der Waals surface area contributed by atoms with Crippen molar-refractivity contribution >= 4 is 11.6 Å². The molecule has 2 heterocycles. The van der Waals surface area contributed by atoms with E-state index in [4.69, 9.17) is 25.8 Å². The molecule has 2 aliphatic heterocycles. The van der Waals surface area contributed by atoms with Crippen molar-refractivity contribution in [2.45, 2.75) is 50.6 Å². The fourth-order valence-corrected chi connectivity index (χ4v) is 4.29. The van der Waals surface area contributed by atoms with Crippen LogP contribution < -0.4 is 4.74 Å². The first-order valence-corrected chi connectivity index (χ1v) is 9.82. The van der Waals surface area contributed by atoms with Crippen molar-refractivity contribution in [1.29, 1.82) is 0 Å². The molecule has 2 aromatic carbocycles. The molecule has 0 saturated carbocycles. The quantitative estimate of drug-likeness (QED) is 0.822. The highest BCUT2D eigenvalue weighted by Crippen LogP contribution is 2.49. The second-order valence-corrected chi connectivity index (χ2v) is 8.12. The van der Waals surface area contributed by atoms with Gasteiger partial charge in [0, 0.05) is 23.4 Å². The molecular weight excluding hydrogens is 364 g/mol. The van der Waals surface area contributed by atoms with Crippen LogP contribution in [0.3, 0.4) is 0 Å². The van der Waals surface area contributed by atoms with Gasteiger partial charge in [0.25, 0.3) is 0 Å². The Bertz CT molecular complexity index is 822. The Morgan fingerprint density at radius 1 is 1.19 bits per heavy atom. The summed E-state index contributed by atoms with van der Waals surface area (Å²) in [4.78, 5) is 0. The molecule has 5 heteroatoms. The number of ether oxygens (including phenoxy) is 3. The topological polar surface area (TPSA) is 47.9 Å². The lowest BCUT2D eigenvalue weighted by atomic mass is 9.88. The molecule has 0 aliphatic carbocycles. The molecule has 4 rings (SSSR count). The summed E-state index contributed by atoms with van der Waals surface area (Å²) in [5.41, 5.74) is 2.63. The van der Waals surface area contributed by atoms with Crippen LogP contribution in [0.1, 0.15) is 43.4 Å². The summed E-state index contributed by atoms with van der Waals surface area (Å²) in [6.45, 7) is 5.10. The molecule has 4 nitrogen and oxygen atoms in total. The lowest BCUT2D eigenvalue weighted by Gasteiger charge is -2.38. The molecule has 2 aromatic rings. The fraction of sp³-hybridized carbons (Fsp3) is 0.455. The standard InChI is InChI=1S/C22H25ClO4/c1-3-25-19-7-4-15(5-8-19)10-16-11-17(6-9-20(16)23)22-13-18(24)12-21(2,27-22)14-26-22/h4-9,11,18,24H,3,10,12-14H2,1-2H3/t18?,21-,22-/m1/s1. The predicted molar refractivity (Wildman–Crippen MR) is 104 cm³/mol. The SMILES string of the molecule is CCOc1ccc(Cc2cc([C@]34CC(O)C[C@](C)(CO3)O4)ccc2Cl)cc1. The molecule has 0 aromatic heterocycles. The molecule has 3 atom stereocenters. The Kier molecular flexibility index (Phi) is 4.93. The summed E-state index contributed by atoms with van der Waals surface area (Å²) in [6, 6.07) is 13.9. The molecule has 0 spiro atoms. The van der Waals surface area contributed by atoms with Gasteiger partial charge in [0.1, 0.15) is 5.75 Å². The Morgan fingerprint density at radius 3 is 2.70 bits per heavy atom. The zero-order valence-corrected chi connectivity index (χ0v) is 16.5. The van der Waals surface area contributed by atoms with Crippen LogP contribution in [0.4, 0.5) is 0 Å². The lowest BCUT2D eigenvalue weighted by molar-refractivity contribution is -0.238. The van der Waals surface area contributed by atoms with Gasteiger partial charge in [-0.2, -0.15) is 0 Å². The second-order valence-electron chi connectivity index (χ2n) is 7.72. The van der Waals surface area contributed by atoms with Crippen LogP contribution in [0.25, 0.3) is 0 Å². The largest absolute Gasteiger partial charge is 0.494 e. The van der Waals surface area contributed by atoms with Crippen molar-refractivity contribution in [2.75, 3.05) is 13.2 Å². The highest BCUT2D eigenvalue weighted by atomic mass is 35.5. The molecule has 2 aliphatic rings. The first-order valence-electron chi connectivity index (χ1n) is 9.44. The summed E-state index contributed by atoms with van der Waals surface area (Å²) in [5.74, 6) is -0.0203. The second kappa shape index (κ2) is 7.10. The van der Waals surface area contributed by atoms with E-state index in [9.17, 15) is 5.11 Å². The minimum Gasteiger partial charge on any atom is -0.494 e. The summed E-state index contributed by atoms with van der Waals surface area (Å²) < 4.78 is 17.8. The van der Waals surface area contributed by atoms with Crippen molar-refractivity contribution in [1.82, 2.24) is 0 Å². The zero-order chi connectivity index (χ0) is 19.1. The molecular formula is C22H25ClO4. The van der Waals surface area contributed by atoms with Gasteiger partial charge in [-0.15, -0.1) is 0 Å². The lowest BCUT2D eigenvalue weighted by Crippen LogP contribution is -2.44. The monoisotopic (exact) mass is 388 g/mol. The van der Waals surface area contributed by atoms with E-state index in [1.807, 2.05) is 44.2 Å². The Balaban J connectivity index is 1.60. The van der Waals surface area contributed by atoms with E-state index in [1.54, 1.807) is 0 Å². The van der Waals surface area contributed by atoms with Crippen LogP contribution in [0.5, 0.6) is 5.75 Å². The summed E-state index contributed by atoms with van der Waals surface area (Å²) >= 11 is 6.47. The number of benzene rings is 2. The van der Waals surface area contributed by atoms with Gasteiger partial charge in [0.15, 0.2) is 5.79 Å². The molecule has 2 bridgehead atoms. The molecule has 27 heavy (non-hydrogen) atoms. The number of hydrogen-bond acceptors (Lipinski definition) is 4. The number of aliphatic hydroxyl groups excluding tert-OH is 1. The predicted octanol–water partition coefficient (Wildman–Crippen LogP) is 4.44. The average molecular weight is 389 g/mol. The highest BCUT2D eigenvalue weighted by Gasteiger charge is 2.55. The van der Waals surface area contributed by atoms with E-state index in [2.05, 4.69) is 12.1 Å². The van der Waals surface area contributed by atoms with Crippen LogP contribution in [-0.2, 0) is 21.7 Å². The van der Waals surface area contributed by atoms with Crippen LogP contribution in [0, 0.1) is 0 Å². The van der Waals surface area contributed by atoms with Crippen LogP contribution in [0.15, 0.2) is 42.5 Å². The average Bonchev–Trinajstić information content (AvgIpc) is 2.89. The van der Waals surface area contributed by atoms with Gasteiger partial charge in [0.05, 0.1) is 24.9 Å². The van der Waals surface area contributed by atoms with Crippen molar-refractivity contribution < 1.29 is 19.3 Å². The Labute approximate surface area is 165 Å². The smallest absolute Gasteiger partial charge is 0.198 e. The van der Waals surface area contributed by atoms with E-state index < -0.39 is 17.5 Å². The molecule has 2 saturated heterocycles. The maximum atomic E-state index is 10.3. The van der Waals surface area contributed by atoms with E-state index >= 15 is 0 Å². The molecule has 2 fully saturated rings. The molecule has 0 amide bonds. The van der Waals surface area contributed by atoms with E-state index in [-0.39, 0.29) is 0 Å². The molecule has 0 radical (unpaired) electrons. The van der Waals surface area contributed by atoms with Gasteiger partial charge in [0.2, 0.25) is 0 Å². The minimum atomic E-state index is -0.884. The summed E-state index contributed by atoms with van der Waals surface area (Å²) in [6.07, 6.45) is 1.31. The van der Waals surface area contributed by atoms with Crippen LogP contribution >= 0.6 is 11.6 Å². The highest BCUT2D eigenvalue weighted by molar-refractivity contribution is 6.31. The van der Waals surface area contributed by atoms with Crippen molar-refractivity contribution in [3.05, 3.63) is 64.2 Å². The van der Waals surface area contributed by atoms with Gasteiger partial charge < -0.3 is 19.3 Å². The van der Waals surface area contributed by atoms with Gasteiger partial charge in [-0.1, -0.05) is 29.8 Å². The van der Waals surface area contributed by atoms with E-state index in [1.165, 1.54) is 0 Å². The Hall–Kier alpha value is -1.59. The van der Waals surface area contributed by atoms with Gasteiger partial charge in [-0.3, -0.25) is 0 Å². The first-order chi connectivity index (χ1) is 12.9. The van der Waals surface area contributed by atoms with Crippen LogP contribution in [0.2, 0.25) is 5.02 Å². The van der Waals surface area contributed by atoms with Crippen molar-refractivity contribution in [3.63, 3.8) is 0 Å².